The molecule has 25 heavy (non-hydrogen) atoms. The molecule has 0 unspecified atom stereocenters. The van der Waals surface area contributed by atoms with Crippen molar-refractivity contribution < 1.29 is 4.79 Å². The predicted octanol–water partition coefficient (Wildman–Crippen LogP) is 4.58. The number of hydrazine groups is 1. The summed E-state index contributed by atoms with van der Waals surface area (Å²) in [5.41, 5.74) is 6.54. The molecule has 0 saturated carbocycles. The fourth-order valence-electron chi connectivity index (χ4n) is 2.35. The van der Waals surface area contributed by atoms with E-state index >= 15 is 0 Å². The van der Waals surface area contributed by atoms with E-state index in [1.54, 1.807) is 23.1 Å². The second-order valence-corrected chi connectivity index (χ2v) is 6.41. The fraction of sp³-hybridized carbons (Fsp3) is 0.0588. The number of amides is 1. The summed E-state index contributed by atoms with van der Waals surface area (Å²) in [6, 6.07) is 13.5. The number of nitrogens with one attached hydrogen (secondary N) is 2. The first-order chi connectivity index (χ1) is 12.1. The third-order valence-electron chi connectivity index (χ3n) is 3.47. The molecule has 0 spiro atoms. The lowest BCUT2D eigenvalue weighted by molar-refractivity contribution is -0.122. The average Bonchev–Trinajstić information content (AvgIpc) is 3.09. The molecule has 1 aromatic heterocycles. The number of nitrogens with zero attached hydrogens (tertiary/aromatic N) is 2. The Labute approximate surface area is 159 Å². The van der Waals surface area contributed by atoms with Crippen molar-refractivity contribution in [1.29, 1.82) is 0 Å². The number of hydrogen-bond acceptors (Lipinski definition) is 3. The van der Waals surface area contributed by atoms with Crippen LogP contribution in [0.2, 0.25) is 15.1 Å². The van der Waals surface area contributed by atoms with Gasteiger partial charge in [0.2, 0.25) is 0 Å². The molecule has 0 aliphatic rings. The molecule has 3 aromatic rings. The maximum atomic E-state index is 12.8. The zero-order valence-corrected chi connectivity index (χ0v) is 15.1. The standard InChI is InChI=1S/C17H13Cl3N4O/c18-12-9-13(19)15(14(20)10-12)22-23-17(25)16(24-8-4-7-21-24)11-5-2-1-3-6-11/h1-10,16,22H,(H,23,25)/t16-/m0/s1. The van der Waals surface area contributed by atoms with Gasteiger partial charge >= 0.3 is 0 Å². The normalized spacial score (nSPS) is 11.8. The van der Waals surface area contributed by atoms with Gasteiger partial charge in [0.05, 0.1) is 15.7 Å². The van der Waals surface area contributed by atoms with Gasteiger partial charge in [0.1, 0.15) is 0 Å². The second-order valence-electron chi connectivity index (χ2n) is 5.16. The van der Waals surface area contributed by atoms with Gasteiger partial charge in [0.25, 0.3) is 5.91 Å². The molecule has 128 valence electrons. The van der Waals surface area contributed by atoms with Crippen LogP contribution < -0.4 is 10.9 Å². The third kappa shape index (κ3) is 4.07. The monoisotopic (exact) mass is 394 g/mol. The maximum absolute atomic E-state index is 12.8. The number of halogens is 3. The van der Waals surface area contributed by atoms with Crippen LogP contribution in [-0.4, -0.2) is 15.7 Å². The Morgan fingerprint density at radius 2 is 1.72 bits per heavy atom. The topological polar surface area (TPSA) is 59.0 Å². The number of carbonyl (C=O) groups excluding carboxylic acids is 1. The number of hydrogen-bond donors (Lipinski definition) is 2. The molecule has 0 radical (unpaired) electrons. The minimum absolute atomic E-state index is 0.299. The fourth-order valence-corrected chi connectivity index (χ4v) is 3.26. The summed E-state index contributed by atoms with van der Waals surface area (Å²) in [6.07, 6.45) is 3.34. The van der Waals surface area contributed by atoms with E-state index in [9.17, 15) is 4.79 Å². The lowest BCUT2D eigenvalue weighted by Gasteiger charge is -2.19. The average molecular weight is 396 g/mol. The summed E-state index contributed by atoms with van der Waals surface area (Å²) >= 11 is 18.1. The van der Waals surface area contributed by atoms with E-state index in [1.807, 2.05) is 30.3 Å². The molecule has 1 heterocycles. The van der Waals surface area contributed by atoms with E-state index in [4.69, 9.17) is 34.8 Å². The predicted molar refractivity (Wildman–Crippen MR) is 100 cm³/mol. The van der Waals surface area contributed by atoms with Gasteiger partial charge < -0.3 is 0 Å². The lowest BCUT2D eigenvalue weighted by Crippen LogP contribution is -2.37. The van der Waals surface area contributed by atoms with Crippen molar-refractivity contribution in [2.75, 3.05) is 5.43 Å². The van der Waals surface area contributed by atoms with E-state index in [0.29, 0.717) is 20.8 Å². The summed E-state index contributed by atoms with van der Waals surface area (Å²) in [5.74, 6) is -0.322. The van der Waals surface area contributed by atoms with Gasteiger partial charge in [-0.3, -0.25) is 20.3 Å². The molecular formula is C17H13Cl3N4O. The Hall–Kier alpha value is -2.21. The van der Waals surface area contributed by atoms with Gasteiger partial charge in [-0.05, 0) is 23.8 Å². The molecule has 1 amide bonds. The van der Waals surface area contributed by atoms with Crippen LogP contribution in [0.15, 0.2) is 60.9 Å². The number of benzene rings is 2. The number of anilines is 1. The van der Waals surface area contributed by atoms with E-state index in [-0.39, 0.29) is 5.91 Å². The molecule has 0 aliphatic carbocycles. The van der Waals surface area contributed by atoms with Crippen LogP contribution >= 0.6 is 34.8 Å². The molecule has 0 saturated heterocycles. The van der Waals surface area contributed by atoms with E-state index < -0.39 is 6.04 Å². The van der Waals surface area contributed by atoms with Gasteiger partial charge in [-0.1, -0.05) is 65.1 Å². The van der Waals surface area contributed by atoms with E-state index in [1.165, 1.54) is 12.1 Å². The highest BCUT2D eigenvalue weighted by Crippen LogP contribution is 2.33. The SMILES string of the molecule is O=C(NNc1c(Cl)cc(Cl)cc1Cl)[C@H](c1ccccc1)n1cccn1. The summed E-state index contributed by atoms with van der Waals surface area (Å²) < 4.78 is 1.57. The number of carbonyl (C=O) groups is 1. The highest BCUT2D eigenvalue weighted by molar-refractivity contribution is 6.41. The quantitative estimate of drug-likeness (QED) is 0.622. The Kier molecular flexibility index (Phi) is 5.48. The largest absolute Gasteiger partial charge is 0.295 e. The first-order valence-electron chi connectivity index (χ1n) is 7.31. The maximum Gasteiger partial charge on any atom is 0.267 e. The zero-order chi connectivity index (χ0) is 17.8. The van der Waals surface area contributed by atoms with Crippen LogP contribution in [0.1, 0.15) is 11.6 Å². The smallest absolute Gasteiger partial charge is 0.267 e. The Morgan fingerprint density at radius 1 is 1.04 bits per heavy atom. The van der Waals surface area contributed by atoms with Crippen molar-refractivity contribution in [1.82, 2.24) is 15.2 Å². The third-order valence-corrected chi connectivity index (χ3v) is 4.29. The van der Waals surface area contributed by atoms with Crippen molar-refractivity contribution >= 4 is 46.4 Å². The van der Waals surface area contributed by atoms with Crippen molar-refractivity contribution in [3.05, 3.63) is 81.6 Å². The van der Waals surface area contributed by atoms with Crippen LogP contribution in [0.25, 0.3) is 0 Å². The molecule has 2 aromatic carbocycles. The van der Waals surface area contributed by atoms with Crippen molar-refractivity contribution in [3.8, 4) is 0 Å². The molecular weight excluding hydrogens is 383 g/mol. The van der Waals surface area contributed by atoms with Crippen molar-refractivity contribution in [2.24, 2.45) is 0 Å². The van der Waals surface area contributed by atoms with Crippen molar-refractivity contribution in [3.63, 3.8) is 0 Å². The molecule has 5 nitrogen and oxygen atoms in total. The van der Waals surface area contributed by atoms with Crippen LogP contribution in [0.4, 0.5) is 5.69 Å². The van der Waals surface area contributed by atoms with Gasteiger partial charge in [-0.2, -0.15) is 5.10 Å². The summed E-state index contributed by atoms with van der Waals surface area (Å²) in [5, 5.41) is 5.18. The molecule has 2 N–H and O–H groups in total. The van der Waals surface area contributed by atoms with Crippen LogP contribution in [0.3, 0.4) is 0 Å². The molecule has 0 bridgehead atoms. The Balaban J connectivity index is 1.83. The minimum atomic E-state index is -0.645. The minimum Gasteiger partial charge on any atom is -0.295 e. The Morgan fingerprint density at radius 3 is 2.32 bits per heavy atom. The summed E-state index contributed by atoms with van der Waals surface area (Å²) in [4.78, 5) is 12.8. The van der Waals surface area contributed by atoms with Crippen LogP contribution in [0.5, 0.6) is 0 Å². The highest BCUT2D eigenvalue weighted by Gasteiger charge is 2.23. The first-order valence-corrected chi connectivity index (χ1v) is 8.44. The first kappa shape index (κ1) is 17.6. The second kappa shape index (κ2) is 7.78. The molecule has 1 atom stereocenters. The van der Waals surface area contributed by atoms with Gasteiger partial charge in [-0.15, -0.1) is 0 Å². The van der Waals surface area contributed by atoms with Crippen molar-refractivity contribution in [2.45, 2.75) is 6.04 Å². The van der Waals surface area contributed by atoms with E-state index in [0.717, 1.165) is 5.56 Å². The summed E-state index contributed by atoms with van der Waals surface area (Å²) in [7, 11) is 0. The zero-order valence-electron chi connectivity index (χ0n) is 12.8. The molecule has 0 fully saturated rings. The molecule has 3 rings (SSSR count). The summed E-state index contributed by atoms with van der Waals surface area (Å²) in [6.45, 7) is 0. The lowest BCUT2D eigenvalue weighted by atomic mass is 10.1. The molecule has 0 aliphatic heterocycles. The number of aromatic nitrogens is 2. The van der Waals surface area contributed by atoms with Gasteiger partial charge in [0.15, 0.2) is 6.04 Å². The molecule has 8 heteroatoms. The number of rotatable bonds is 5. The van der Waals surface area contributed by atoms with Crippen LogP contribution in [0, 0.1) is 0 Å². The van der Waals surface area contributed by atoms with Gasteiger partial charge in [0, 0.05) is 17.4 Å². The highest BCUT2D eigenvalue weighted by atomic mass is 35.5. The van der Waals surface area contributed by atoms with Crippen LogP contribution in [-0.2, 0) is 4.79 Å². The van der Waals surface area contributed by atoms with E-state index in [2.05, 4.69) is 16.0 Å². The Bertz CT molecular complexity index is 846. The van der Waals surface area contributed by atoms with Gasteiger partial charge in [-0.25, -0.2) is 0 Å².